The van der Waals surface area contributed by atoms with E-state index >= 15 is 0 Å². The molecule has 0 aromatic rings. The average Bonchev–Trinajstić information content (AvgIpc) is 2.79. The molecule has 1 saturated heterocycles. The highest BCUT2D eigenvalue weighted by Gasteiger charge is 2.63. The molecule has 108 valence electrons. The predicted octanol–water partition coefficient (Wildman–Crippen LogP) is -0.865. The number of nitrogens with one attached hydrogen (secondary N) is 1. The summed E-state index contributed by atoms with van der Waals surface area (Å²) in [6.45, 7) is 1.06. The molecular weight excluding hydrogens is 258 g/mol. The largest absolute Gasteiger partial charge is 0.329 e. The molecule has 3 aliphatic rings. The zero-order valence-corrected chi connectivity index (χ0v) is 11.3. The van der Waals surface area contributed by atoms with Gasteiger partial charge in [-0.25, -0.2) is 0 Å². The molecule has 6 nitrogen and oxygen atoms in total. The molecule has 2 atom stereocenters. The Morgan fingerprint density at radius 1 is 1.30 bits per heavy atom. The minimum Gasteiger partial charge on any atom is -0.329 e. The first-order valence-electron chi connectivity index (χ1n) is 7.12. The SMILES string of the molecule is NCCN1C(=O)C12CCCC(NC1C(=O)C=CC1=O)C2. The van der Waals surface area contributed by atoms with Crippen molar-refractivity contribution in [2.45, 2.75) is 43.3 Å². The molecule has 20 heavy (non-hydrogen) atoms. The Morgan fingerprint density at radius 2 is 2.00 bits per heavy atom. The monoisotopic (exact) mass is 277 g/mol. The molecule has 1 heterocycles. The summed E-state index contributed by atoms with van der Waals surface area (Å²) in [5.41, 5.74) is 5.14. The molecule has 2 unspecified atom stereocenters. The van der Waals surface area contributed by atoms with Crippen LogP contribution in [-0.4, -0.2) is 53.1 Å². The van der Waals surface area contributed by atoms with Gasteiger partial charge >= 0.3 is 0 Å². The number of carbonyl (C=O) groups excluding carboxylic acids is 3. The molecule has 0 aromatic heterocycles. The summed E-state index contributed by atoms with van der Waals surface area (Å²) in [5, 5.41) is 3.12. The summed E-state index contributed by atoms with van der Waals surface area (Å²) in [4.78, 5) is 37.0. The lowest BCUT2D eigenvalue weighted by molar-refractivity contribution is -0.123. The van der Waals surface area contributed by atoms with Crippen molar-refractivity contribution in [2.24, 2.45) is 5.73 Å². The maximum absolute atomic E-state index is 12.0. The second-order valence-corrected chi connectivity index (χ2v) is 5.81. The summed E-state index contributed by atoms with van der Waals surface area (Å²) < 4.78 is 0. The molecule has 1 aliphatic heterocycles. The highest BCUT2D eigenvalue weighted by molar-refractivity contribution is 6.22. The number of carbonyl (C=O) groups is 3. The first-order valence-corrected chi connectivity index (χ1v) is 7.12. The van der Waals surface area contributed by atoms with Crippen LogP contribution in [0.5, 0.6) is 0 Å². The van der Waals surface area contributed by atoms with Gasteiger partial charge in [0, 0.05) is 19.1 Å². The Hall–Kier alpha value is -1.53. The van der Waals surface area contributed by atoms with Crippen molar-refractivity contribution >= 4 is 17.5 Å². The lowest BCUT2D eigenvalue weighted by atomic mass is 9.84. The molecule has 0 radical (unpaired) electrons. The molecule has 1 spiro atoms. The molecule has 2 aliphatic carbocycles. The Balaban J connectivity index is 1.64. The van der Waals surface area contributed by atoms with E-state index in [-0.39, 0.29) is 29.1 Å². The van der Waals surface area contributed by atoms with Gasteiger partial charge in [-0.1, -0.05) is 0 Å². The van der Waals surface area contributed by atoms with Crippen molar-refractivity contribution in [3.63, 3.8) is 0 Å². The third-order valence-corrected chi connectivity index (χ3v) is 4.57. The van der Waals surface area contributed by atoms with E-state index in [0.29, 0.717) is 19.5 Å². The lowest BCUT2D eigenvalue weighted by Gasteiger charge is -2.30. The van der Waals surface area contributed by atoms with Gasteiger partial charge in [0.25, 0.3) is 0 Å². The Labute approximate surface area is 117 Å². The number of hydrogen-bond acceptors (Lipinski definition) is 5. The van der Waals surface area contributed by atoms with Crippen molar-refractivity contribution in [1.82, 2.24) is 10.2 Å². The molecule has 3 rings (SSSR count). The van der Waals surface area contributed by atoms with Crippen LogP contribution in [0.3, 0.4) is 0 Å². The minimum absolute atomic E-state index is 0.0354. The van der Waals surface area contributed by atoms with Crippen molar-refractivity contribution in [3.05, 3.63) is 12.2 Å². The van der Waals surface area contributed by atoms with Crippen LogP contribution in [0.4, 0.5) is 0 Å². The van der Waals surface area contributed by atoms with E-state index in [0.717, 1.165) is 19.3 Å². The molecule has 0 bridgehead atoms. The van der Waals surface area contributed by atoms with Crippen LogP contribution in [0.1, 0.15) is 25.7 Å². The molecule has 1 amide bonds. The molecule has 0 aromatic carbocycles. The highest BCUT2D eigenvalue weighted by Crippen LogP contribution is 2.46. The van der Waals surface area contributed by atoms with E-state index in [1.54, 1.807) is 0 Å². The van der Waals surface area contributed by atoms with E-state index in [1.165, 1.54) is 12.2 Å². The topological polar surface area (TPSA) is 92.3 Å². The Bertz CT molecular complexity index is 484. The van der Waals surface area contributed by atoms with E-state index in [4.69, 9.17) is 5.73 Å². The molecule has 1 saturated carbocycles. The number of ketones is 2. The first kappa shape index (κ1) is 13.5. The van der Waals surface area contributed by atoms with Crippen LogP contribution in [0, 0.1) is 0 Å². The number of nitrogens with two attached hydrogens (primary N) is 1. The van der Waals surface area contributed by atoms with E-state index < -0.39 is 6.04 Å². The van der Waals surface area contributed by atoms with Gasteiger partial charge in [0.2, 0.25) is 5.91 Å². The fourth-order valence-corrected chi connectivity index (χ4v) is 3.52. The minimum atomic E-state index is -0.744. The first-order chi connectivity index (χ1) is 9.58. The van der Waals surface area contributed by atoms with Gasteiger partial charge in [0.05, 0.1) is 0 Å². The second-order valence-electron chi connectivity index (χ2n) is 5.81. The van der Waals surface area contributed by atoms with Crippen LogP contribution in [-0.2, 0) is 14.4 Å². The van der Waals surface area contributed by atoms with Gasteiger partial charge < -0.3 is 10.6 Å². The fraction of sp³-hybridized carbons (Fsp3) is 0.643. The van der Waals surface area contributed by atoms with Crippen molar-refractivity contribution in [2.75, 3.05) is 13.1 Å². The van der Waals surface area contributed by atoms with Gasteiger partial charge in [-0.3, -0.25) is 19.7 Å². The number of nitrogens with zero attached hydrogens (tertiary/aromatic N) is 1. The third-order valence-electron chi connectivity index (χ3n) is 4.57. The number of hydrogen-bond donors (Lipinski definition) is 2. The molecular formula is C14H19N3O3. The fourth-order valence-electron chi connectivity index (χ4n) is 3.52. The standard InChI is InChI=1S/C14H19N3O3/c15-6-7-17-13(20)14(17)5-1-2-9(8-14)16-12-10(18)3-4-11(12)19/h3-4,9,12,16H,1-2,5-8,15H2. The number of amides is 1. The summed E-state index contributed by atoms with van der Waals surface area (Å²) in [6, 6.07) is -0.708. The van der Waals surface area contributed by atoms with Crippen molar-refractivity contribution < 1.29 is 14.4 Å². The quantitative estimate of drug-likeness (QED) is 0.515. The van der Waals surface area contributed by atoms with Gasteiger partial charge in [0.15, 0.2) is 11.6 Å². The Kier molecular flexibility index (Phi) is 3.22. The van der Waals surface area contributed by atoms with Crippen LogP contribution >= 0.6 is 0 Å². The Morgan fingerprint density at radius 3 is 2.65 bits per heavy atom. The molecule has 3 N–H and O–H groups in total. The summed E-state index contributed by atoms with van der Waals surface area (Å²) in [7, 11) is 0. The van der Waals surface area contributed by atoms with Gasteiger partial charge in [0.1, 0.15) is 11.6 Å². The zero-order valence-electron chi connectivity index (χ0n) is 11.3. The molecule has 2 fully saturated rings. The van der Waals surface area contributed by atoms with Gasteiger partial charge in [-0.15, -0.1) is 0 Å². The zero-order chi connectivity index (χ0) is 14.3. The van der Waals surface area contributed by atoms with Crippen molar-refractivity contribution in [3.8, 4) is 0 Å². The summed E-state index contributed by atoms with van der Waals surface area (Å²) in [6.07, 6.45) is 5.98. The van der Waals surface area contributed by atoms with Crippen molar-refractivity contribution in [1.29, 1.82) is 0 Å². The average molecular weight is 277 g/mol. The maximum atomic E-state index is 12.0. The predicted molar refractivity (Wildman–Crippen MR) is 71.8 cm³/mol. The van der Waals surface area contributed by atoms with Crippen LogP contribution < -0.4 is 11.1 Å². The summed E-state index contributed by atoms with van der Waals surface area (Å²) >= 11 is 0. The van der Waals surface area contributed by atoms with Gasteiger partial charge in [-0.2, -0.15) is 0 Å². The second kappa shape index (κ2) is 4.79. The highest BCUT2D eigenvalue weighted by atomic mass is 16.2. The van der Waals surface area contributed by atoms with Crippen LogP contribution in [0.15, 0.2) is 12.2 Å². The van der Waals surface area contributed by atoms with E-state index in [1.807, 2.05) is 4.90 Å². The van der Waals surface area contributed by atoms with E-state index in [9.17, 15) is 14.4 Å². The summed E-state index contributed by atoms with van der Waals surface area (Å²) in [5.74, 6) is -0.206. The normalized spacial score (nSPS) is 33.5. The number of rotatable bonds is 4. The molecule has 6 heteroatoms. The smallest absolute Gasteiger partial charge is 0.249 e. The van der Waals surface area contributed by atoms with Gasteiger partial charge in [-0.05, 0) is 37.8 Å². The van der Waals surface area contributed by atoms with E-state index in [2.05, 4.69) is 5.32 Å². The van der Waals surface area contributed by atoms with Crippen LogP contribution in [0.25, 0.3) is 0 Å². The third kappa shape index (κ3) is 1.99. The van der Waals surface area contributed by atoms with Crippen LogP contribution in [0.2, 0.25) is 0 Å². The lowest BCUT2D eigenvalue weighted by Crippen LogP contribution is -2.49. The maximum Gasteiger partial charge on any atom is 0.249 e.